The number of methoxy groups -OCH3 is 1. The van der Waals surface area contributed by atoms with Gasteiger partial charge in [0.25, 0.3) is 0 Å². The van der Waals surface area contributed by atoms with Gasteiger partial charge in [0.05, 0.1) is 12.8 Å². The molecule has 0 unspecified atom stereocenters. The molecule has 2 aromatic rings. The number of benzene rings is 1. The number of hydrogen-bond acceptors (Lipinski definition) is 5. The lowest BCUT2D eigenvalue weighted by Crippen LogP contribution is -2.24. The van der Waals surface area contributed by atoms with Gasteiger partial charge in [0.1, 0.15) is 16.5 Å². The van der Waals surface area contributed by atoms with E-state index in [2.05, 4.69) is 5.10 Å². The highest BCUT2D eigenvalue weighted by Gasteiger charge is 2.26. The van der Waals surface area contributed by atoms with Gasteiger partial charge in [-0.05, 0) is 44.0 Å². The summed E-state index contributed by atoms with van der Waals surface area (Å²) in [6.07, 6.45) is -0.945. The van der Waals surface area contributed by atoms with E-state index >= 15 is 0 Å². The van der Waals surface area contributed by atoms with Crippen LogP contribution in [0.5, 0.6) is 5.75 Å². The van der Waals surface area contributed by atoms with Crippen LogP contribution in [0.1, 0.15) is 47.2 Å². The van der Waals surface area contributed by atoms with Gasteiger partial charge in [0, 0.05) is 12.1 Å². The number of halogens is 1. The van der Waals surface area contributed by atoms with Crippen LogP contribution in [0.2, 0.25) is 5.15 Å². The number of carbonyl (C=O) groups excluding carboxylic acids is 2. The second kappa shape index (κ2) is 8.36. The zero-order valence-corrected chi connectivity index (χ0v) is 16.3. The number of Topliss-reactive ketones (excluding diaryl/α,β-unsaturated/α-hetero) is 1. The summed E-state index contributed by atoms with van der Waals surface area (Å²) in [5.41, 5.74) is 1.11. The number of nitrogens with zero attached hydrogens (tertiary/aromatic N) is 2. The summed E-state index contributed by atoms with van der Waals surface area (Å²) < 4.78 is 12.0. The summed E-state index contributed by atoms with van der Waals surface area (Å²) in [5, 5.41) is 4.51. The molecular weight excluding hydrogens is 356 g/mol. The van der Waals surface area contributed by atoms with Crippen molar-refractivity contribution in [1.82, 2.24) is 9.78 Å². The molecule has 0 N–H and O–H groups in total. The third-order valence-electron chi connectivity index (χ3n) is 3.84. The SMILES string of the molecule is COc1ccc(C(=O)[C@H](C)OC(=O)c2c(C)nn(CC(C)C)c2Cl)cc1. The highest BCUT2D eigenvalue weighted by Crippen LogP contribution is 2.23. The topological polar surface area (TPSA) is 70.4 Å². The van der Waals surface area contributed by atoms with Gasteiger partial charge < -0.3 is 9.47 Å². The van der Waals surface area contributed by atoms with Crippen molar-refractivity contribution in [3.8, 4) is 5.75 Å². The van der Waals surface area contributed by atoms with E-state index in [0.717, 1.165) is 0 Å². The van der Waals surface area contributed by atoms with E-state index in [9.17, 15) is 9.59 Å². The Morgan fingerprint density at radius 3 is 2.35 bits per heavy atom. The van der Waals surface area contributed by atoms with Crippen LogP contribution >= 0.6 is 11.6 Å². The number of aryl methyl sites for hydroxylation is 1. The number of aromatic nitrogens is 2. The van der Waals surface area contributed by atoms with Gasteiger partial charge in [-0.25, -0.2) is 4.79 Å². The molecule has 140 valence electrons. The molecule has 0 spiro atoms. The van der Waals surface area contributed by atoms with E-state index in [1.54, 1.807) is 43.0 Å². The Balaban J connectivity index is 2.13. The molecule has 1 atom stereocenters. The number of ether oxygens (including phenoxy) is 2. The minimum atomic E-state index is -0.945. The number of hydrogen-bond donors (Lipinski definition) is 0. The van der Waals surface area contributed by atoms with Crippen molar-refractivity contribution in [2.24, 2.45) is 5.92 Å². The molecule has 0 saturated heterocycles. The summed E-state index contributed by atoms with van der Waals surface area (Å²) in [4.78, 5) is 25.0. The molecule has 0 aliphatic carbocycles. The molecule has 26 heavy (non-hydrogen) atoms. The Kier molecular flexibility index (Phi) is 6.42. The van der Waals surface area contributed by atoms with Gasteiger partial charge in [0.15, 0.2) is 6.10 Å². The molecule has 0 amide bonds. The third-order valence-corrected chi connectivity index (χ3v) is 4.22. The van der Waals surface area contributed by atoms with Gasteiger partial charge in [-0.1, -0.05) is 25.4 Å². The monoisotopic (exact) mass is 378 g/mol. The first-order valence-corrected chi connectivity index (χ1v) is 8.74. The molecule has 7 heteroatoms. The quantitative estimate of drug-likeness (QED) is 0.539. The molecule has 0 saturated carbocycles. The summed E-state index contributed by atoms with van der Waals surface area (Å²) in [5.74, 6) is 0.0126. The van der Waals surface area contributed by atoms with E-state index in [1.165, 1.54) is 6.92 Å². The lowest BCUT2D eigenvalue weighted by molar-refractivity contribution is 0.0318. The van der Waals surface area contributed by atoms with E-state index in [1.807, 2.05) is 13.8 Å². The van der Waals surface area contributed by atoms with E-state index in [0.29, 0.717) is 29.5 Å². The zero-order chi connectivity index (χ0) is 19.4. The summed E-state index contributed by atoms with van der Waals surface area (Å²) >= 11 is 6.28. The van der Waals surface area contributed by atoms with Crippen LogP contribution in [0.25, 0.3) is 0 Å². The molecule has 6 nitrogen and oxygen atoms in total. The average Bonchev–Trinajstić information content (AvgIpc) is 2.87. The van der Waals surface area contributed by atoms with Gasteiger partial charge in [-0.3, -0.25) is 9.48 Å². The molecule has 0 aliphatic heterocycles. The van der Waals surface area contributed by atoms with E-state index in [-0.39, 0.29) is 16.5 Å². The fraction of sp³-hybridized carbons (Fsp3) is 0.421. The van der Waals surface area contributed by atoms with Crippen molar-refractivity contribution in [3.63, 3.8) is 0 Å². The highest BCUT2D eigenvalue weighted by atomic mass is 35.5. The highest BCUT2D eigenvalue weighted by molar-refractivity contribution is 6.32. The van der Waals surface area contributed by atoms with E-state index in [4.69, 9.17) is 21.1 Å². The lowest BCUT2D eigenvalue weighted by Gasteiger charge is -2.13. The second-order valence-corrected chi connectivity index (χ2v) is 6.83. The molecule has 0 bridgehead atoms. The molecule has 0 fully saturated rings. The van der Waals surface area contributed by atoms with Crippen LogP contribution in [0.4, 0.5) is 0 Å². The number of rotatable bonds is 7. The van der Waals surface area contributed by atoms with E-state index < -0.39 is 12.1 Å². The fourth-order valence-corrected chi connectivity index (χ4v) is 2.84. The largest absolute Gasteiger partial charge is 0.497 e. The standard InChI is InChI=1S/C19H23ClN2O4/c1-11(2)10-22-18(20)16(12(3)21-22)19(24)26-13(4)17(23)14-6-8-15(25-5)9-7-14/h6-9,11,13H,10H2,1-5H3/t13-/m0/s1. The Morgan fingerprint density at radius 1 is 1.19 bits per heavy atom. The second-order valence-electron chi connectivity index (χ2n) is 6.47. The molecule has 1 aromatic heterocycles. The van der Waals surface area contributed by atoms with Gasteiger partial charge in [-0.15, -0.1) is 0 Å². The van der Waals surface area contributed by atoms with Crippen molar-refractivity contribution in [1.29, 1.82) is 0 Å². The minimum absolute atomic E-state index is 0.196. The maximum atomic E-state index is 12.5. The lowest BCUT2D eigenvalue weighted by atomic mass is 10.1. The van der Waals surface area contributed by atoms with Crippen molar-refractivity contribution < 1.29 is 19.1 Å². The normalized spacial score (nSPS) is 12.1. The van der Waals surface area contributed by atoms with Crippen LogP contribution in [0.15, 0.2) is 24.3 Å². The van der Waals surface area contributed by atoms with Crippen LogP contribution in [0, 0.1) is 12.8 Å². The van der Waals surface area contributed by atoms with Crippen LogP contribution in [0.3, 0.4) is 0 Å². The fourth-order valence-electron chi connectivity index (χ4n) is 2.52. The third kappa shape index (κ3) is 4.43. The van der Waals surface area contributed by atoms with Crippen LogP contribution < -0.4 is 4.74 Å². The summed E-state index contributed by atoms with van der Waals surface area (Å²) in [6, 6.07) is 6.62. The van der Waals surface area contributed by atoms with Gasteiger partial charge in [-0.2, -0.15) is 5.10 Å². The first-order chi connectivity index (χ1) is 12.2. The Labute approximate surface area is 158 Å². The smallest absolute Gasteiger partial charge is 0.343 e. The number of carbonyl (C=O) groups is 2. The molecule has 1 heterocycles. The summed E-state index contributed by atoms with van der Waals surface area (Å²) in [6.45, 7) is 7.87. The van der Waals surface area contributed by atoms with Crippen molar-refractivity contribution in [3.05, 3.63) is 46.2 Å². The Morgan fingerprint density at radius 2 is 1.81 bits per heavy atom. The predicted molar refractivity (Wildman–Crippen MR) is 99.0 cm³/mol. The zero-order valence-electron chi connectivity index (χ0n) is 15.6. The predicted octanol–water partition coefficient (Wildman–Crippen LogP) is 3.94. The molecular formula is C19H23ClN2O4. The van der Waals surface area contributed by atoms with Crippen LogP contribution in [-0.2, 0) is 11.3 Å². The maximum Gasteiger partial charge on any atom is 0.343 e. The van der Waals surface area contributed by atoms with Crippen molar-refractivity contribution in [2.75, 3.05) is 7.11 Å². The first kappa shape index (κ1) is 20.0. The van der Waals surface area contributed by atoms with Crippen LogP contribution in [-0.4, -0.2) is 34.7 Å². The average molecular weight is 379 g/mol. The van der Waals surface area contributed by atoms with Crippen molar-refractivity contribution in [2.45, 2.75) is 40.3 Å². The minimum Gasteiger partial charge on any atom is -0.497 e. The van der Waals surface area contributed by atoms with Gasteiger partial charge in [0.2, 0.25) is 5.78 Å². The maximum absolute atomic E-state index is 12.5. The molecule has 0 radical (unpaired) electrons. The Hall–Kier alpha value is -2.34. The molecule has 1 aromatic carbocycles. The molecule has 2 rings (SSSR count). The number of esters is 1. The summed E-state index contributed by atoms with van der Waals surface area (Å²) in [7, 11) is 1.55. The first-order valence-electron chi connectivity index (χ1n) is 8.36. The number of ketones is 1. The Bertz CT molecular complexity index is 797. The van der Waals surface area contributed by atoms with Gasteiger partial charge >= 0.3 is 5.97 Å². The molecule has 0 aliphatic rings. The van der Waals surface area contributed by atoms with Crippen molar-refractivity contribution >= 4 is 23.4 Å².